The lowest BCUT2D eigenvalue weighted by Gasteiger charge is -2.05. The van der Waals surface area contributed by atoms with Crippen molar-refractivity contribution in [3.05, 3.63) is 89.1 Å². The highest BCUT2D eigenvalue weighted by Gasteiger charge is 2.16. The molecule has 0 aliphatic carbocycles. The first-order valence-corrected chi connectivity index (χ1v) is 7.21. The van der Waals surface area contributed by atoms with Gasteiger partial charge in [-0.05, 0) is 61.5 Å². The third-order valence-corrected chi connectivity index (χ3v) is 3.48. The molecule has 0 aliphatic heterocycles. The molecule has 0 unspecified atom stereocenters. The maximum absolute atomic E-state index is 12.9. The van der Waals surface area contributed by atoms with Crippen LogP contribution in [0.1, 0.15) is 32.0 Å². The predicted octanol–water partition coefficient (Wildman–Crippen LogP) is 4.18. The van der Waals surface area contributed by atoms with E-state index in [1.165, 1.54) is 42.7 Å². The maximum Gasteiger partial charge on any atom is 0.379 e. The van der Waals surface area contributed by atoms with Gasteiger partial charge in [0.15, 0.2) is 5.78 Å². The zero-order valence-corrected chi connectivity index (χ0v) is 12.8. The third-order valence-electron chi connectivity index (χ3n) is 3.48. The van der Waals surface area contributed by atoms with E-state index in [0.717, 1.165) is 0 Å². The first-order chi connectivity index (χ1) is 11.5. The second-order valence-electron chi connectivity index (χ2n) is 5.18. The molecule has 0 fully saturated rings. The standard InChI is InChI=1S/C19H13FO4/c1-12-10-11-23-18(12)19(22)24-16-8-4-14(5-9-16)17(21)13-2-6-15(20)7-3-13/h2-11H,1H3. The molecular weight excluding hydrogens is 311 g/mol. The summed E-state index contributed by atoms with van der Waals surface area (Å²) in [4.78, 5) is 24.2. The van der Waals surface area contributed by atoms with Gasteiger partial charge in [-0.15, -0.1) is 0 Å². The van der Waals surface area contributed by atoms with E-state index in [1.54, 1.807) is 25.1 Å². The number of hydrogen-bond donors (Lipinski definition) is 0. The maximum atomic E-state index is 12.9. The fourth-order valence-electron chi connectivity index (χ4n) is 2.18. The number of aryl methyl sites for hydroxylation is 1. The lowest BCUT2D eigenvalue weighted by Crippen LogP contribution is -2.09. The summed E-state index contributed by atoms with van der Waals surface area (Å²) in [7, 11) is 0. The van der Waals surface area contributed by atoms with E-state index in [-0.39, 0.29) is 11.5 Å². The average molecular weight is 324 g/mol. The number of benzene rings is 2. The lowest BCUT2D eigenvalue weighted by molar-refractivity contribution is 0.0700. The van der Waals surface area contributed by atoms with Gasteiger partial charge in [-0.1, -0.05) is 0 Å². The van der Waals surface area contributed by atoms with E-state index >= 15 is 0 Å². The Bertz CT molecular complexity index is 876. The number of ketones is 1. The van der Waals surface area contributed by atoms with E-state index < -0.39 is 11.8 Å². The van der Waals surface area contributed by atoms with Crippen LogP contribution in [-0.4, -0.2) is 11.8 Å². The smallest absolute Gasteiger partial charge is 0.379 e. The molecule has 0 amide bonds. The van der Waals surface area contributed by atoms with Gasteiger partial charge >= 0.3 is 5.97 Å². The molecule has 1 heterocycles. The van der Waals surface area contributed by atoms with Crippen LogP contribution in [0.15, 0.2) is 65.3 Å². The van der Waals surface area contributed by atoms with Crippen LogP contribution in [0.25, 0.3) is 0 Å². The van der Waals surface area contributed by atoms with Gasteiger partial charge in [-0.3, -0.25) is 4.79 Å². The van der Waals surface area contributed by atoms with Crippen molar-refractivity contribution in [2.24, 2.45) is 0 Å². The van der Waals surface area contributed by atoms with Crippen molar-refractivity contribution in [2.45, 2.75) is 6.92 Å². The van der Waals surface area contributed by atoms with Crippen LogP contribution >= 0.6 is 0 Å². The molecule has 0 spiro atoms. The number of ether oxygens (including phenoxy) is 1. The predicted molar refractivity (Wildman–Crippen MR) is 84.7 cm³/mol. The lowest BCUT2D eigenvalue weighted by atomic mass is 10.0. The molecule has 5 heteroatoms. The summed E-state index contributed by atoms with van der Waals surface area (Å²) in [6.07, 6.45) is 1.41. The highest BCUT2D eigenvalue weighted by atomic mass is 19.1. The Kier molecular flexibility index (Phi) is 4.24. The van der Waals surface area contributed by atoms with Gasteiger partial charge in [-0.2, -0.15) is 0 Å². The van der Waals surface area contributed by atoms with E-state index in [0.29, 0.717) is 22.4 Å². The number of carbonyl (C=O) groups excluding carboxylic acids is 2. The van der Waals surface area contributed by atoms with Crippen LogP contribution in [0.5, 0.6) is 5.75 Å². The SMILES string of the molecule is Cc1ccoc1C(=O)Oc1ccc(C(=O)c2ccc(F)cc2)cc1. The zero-order valence-electron chi connectivity index (χ0n) is 12.8. The van der Waals surface area contributed by atoms with Crippen molar-refractivity contribution in [1.82, 2.24) is 0 Å². The molecule has 0 aliphatic rings. The zero-order chi connectivity index (χ0) is 17.1. The van der Waals surface area contributed by atoms with E-state index in [9.17, 15) is 14.0 Å². The Labute approximate surface area is 137 Å². The Balaban J connectivity index is 1.73. The van der Waals surface area contributed by atoms with Gasteiger partial charge in [0.25, 0.3) is 0 Å². The minimum absolute atomic E-state index is 0.140. The van der Waals surface area contributed by atoms with Gasteiger partial charge in [-0.25, -0.2) is 9.18 Å². The second kappa shape index (κ2) is 6.50. The fraction of sp³-hybridized carbons (Fsp3) is 0.0526. The summed E-state index contributed by atoms with van der Waals surface area (Å²) >= 11 is 0. The summed E-state index contributed by atoms with van der Waals surface area (Å²) < 4.78 is 23.2. The van der Waals surface area contributed by atoms with Gasteiger partial charge in [0.1, 0.15) is 11.6 Å². The van der Waals surface area contributed by atoms with Crippen LogP contribution in [-0.2, 0) is 0 Å². The normalized spacial score (nSPS) is 10.4. The molecule has 1 aromatic heterocycles. The number of furan rings is 1. The highest BCUT2D eigenvalue weighted by molar-refractivity contribution is 6.09. The van der Waals surface area contributed by atoms with Crippen LogP contribution < -0.4 is 4.74 Å². The molecule has 4 nitrogen and oxygen atoms in total. The van der Waals surface area contributed by atoms with Crippen molar-refractivity contribution < 1.29 is 23.1 Å². The molecule has 3 aromatic rings. The van der Waals surface area contributed by atoms with Crippen molar-refractivity contribution in [1.29, 1.82) is 0 Å². The molecule has 0 saturated heterocycles. The Morgan fingerprint density at radius 3 is 2.04 bits per heavy atom. The number of rotatable bonds is 4. The number of carbonyl (C=O) groups is 2. The molecule has 0 N–H and O–H groups in total. The second-order valence-corrected chi connectivity index (χ2v) is 5.18. The fourth-order valence-corrected chi connectivity index (χ4v) is 2.18. The minimum atomic E-state index is -0.602. The third kappa shape index (κ3) is 3.25. The largest absolute Gasteiger partial charge is 0.457 e. The van der Waals surface area contributed by atoms with Crippen molar-refractivity contribution in [2.75, 3.05) is 0 Å². The summed E-state index contributed by atoms with van der Waals surface area (Å²) in [5.41, 5.74) is 1.48. The molecule has 24 heavy (non-hydrogen) atoms. The number of hydrogen-bond acceptors (Lipinski definition) is 4. The topological polar surface area (TPSA) is 56.5 Å². The van der Waals surface area contributed by atoms with Crippen LogP contribution in [0.4, 0.5) is 4.39 Å². The van der Waals surface area contributed by atoms with Gasteiger partial charge in [0, 0.05) is 16.7 Å². The summed E-state index contributed by atoms with van der Waals surface area (Å²) in [6, 6.07) is 13.1. The van der Waals surface area contributed by atoms with Crippen LogP contribution in [0, 0.1) is 12.7 Å². The molecule has 0 bridgehead atoms. The quantitative estimate of drug-likeness (QED) is 0.410. The van der Waals surface area contributed by atoms with Crippen LogP contribution in [0.2, 0.25) is 0 Å². The molecule has 0 saturated carbocycles. The van der Waals surface area contributed by atoms with Gasteiger partial charge < -0.3 is 9.15 Å². The van der Waals surface area contributed by atoms with Crippen molar-refractivity contribution >= 4 is 11.8 Å². The first-order valence-electron chi connectivity index (χ1n) is 7.21. The number of esters is 1. The van der Waals surface area contributed by atoms with Crippen molar-refractivity contribution in [3.63, 3.8) is 0 Å². The molecule has 3 rings (SSSR count). The molecule has 0 atom stereocenters. The Morgan fingerprint density at radius 1 is 0.917 bits per heavy atom. The van der Waals surface area contributed by atoms with Crippen molar-refractivity contribution in [3.8, 4) is 5.75 Å². The minimum Gasteiger partial charge on any atom is -0.457 e. The van der Waals surface area contributed by atoms with Gasteiger partial charge in [0.05, 0.1) is 6.26 Å². The molecule has 2 aromatic carbocycles. The first kappa shape index (κ1) is 15.7. The Hall–Kier alpha value is -3.21. The average Bonchev–Trinajstić information content (AvgIpc) is 3.02. The van der Waals surface area contributed by atoms with E-state index in [1.807, 2.05) is 0 Å². The van der Waals surface area contributed by atoms with E-state index in [4.69, 9.17) is 9.15 Å². The summed E-state index contributed by atoms with van der Waals surface area (Å²) in [5, 5.41) is 0. The number of halogens is 1. The summed E-state index contributed by atoms with van der Waals surface area (Å²) in [5.74, 6) is -0.806. The molecule has 0 radical (unpaired) electrons. The van der Waals surface area contributed by atoms with Gasteiger partial charge in [0.2, 0.25) is 5.76 Å². The van der Waals surface area contributed by atoms with Crippen LogP contribution in [0.3, 0.4) is 0 Å². The molecular formula is C19H13FO4. The Morgan fingerprint density at radius 2 is 1.50 bits per heavy atom. The summed E-state index contributed by atoms with van der Waals surface area (Å²) in [6.45, 7) is 1.74. The molecule has 120 valence electrons. The highest BCUT2D eigenvalue weighted by Crippen LogP contribution is 2.18. The van der Waals surface area contributed by atoms with E-state index in [2.05, 4.69) is 0 Å². The monoisotopic (exact) mass is 324 g/mol.